The number of aromatic nitrogens is 1. The number of oxazole rings is 1. The molecular formula is C16H13FN2O3. The van der Waals surface area contributed by atoms with Crippen LogP contribution in [-0.4, -0.2) is 18.1 Å². The molecule has 5 nitrogen and oxygen atoms in total. The molecule has 0 aliphatic heterocycles. The average molecular weight is 300 g/mol. The first-order valence-corrected chi connectivity index (χ1v) is 6.58. The normalized spacial score (nSPS) is 10.8. The van der Waals surface area contributed by atoms with E-state index in [-0.39, 0.29) is 23.8 Å². The second kappa shape index (κ2) is 5.48. The highest BCUT2D eigenvalue weighted by Gasteiger charge is 2.14. The maximum Gasteiger partial charge on any atom is 0.309 e. The third-order valence-electron chi connectivity index (χ3n) is 3.25. The number of halogens is 1. The highest BCUT2D eigenvalue weighted by molar-refractivity contribution is 5.79. The molecule has 0 atom stereocenters. The van der Waals surface area contributed by atoms with Crippen molar-refractivity contribution < 1.29 is 18.3 Å². The van der Waals surface area contributed by atoms with E-state index in [1.165, 1.54) is 19.2 Å². The molecular weight excluding hydrogens is 287 g/mol. The van der Waals surface area contributed by atoms with Crippen LogP contribution in [0.25, 0.3) is 22.6 Å². The zero-order valence-electron chi connectivity index (χ0n) is 11.8. The number of carbonyl (C=O) groups excluding carboxylic acids is 1. The fraction of sp³-hybridized carbons (Fsp3) is 0.125. The molecule has 1 heterocycles. The third-order valence-corrected chi connectivity index (χ3v) is 3.25. The van der Waals surface area contributed by atoms with Crippen LogP contribution < -0.4 is 5.73 Å². The Kier molecular flexibility index (Phi) is 3.50. The van der Waals surface area contributed by atoms with E-state index in [4.69, 9.17) is 10.2 Å². The van der Waals surface area contributed by atoms with Gasteiger partial charge in [0.2, 0.25) is 5.89 Å². The quantitative estimate of drug-likeness (QED) is 0.594. The Hall–Kier alpha value is -2.89. The van der Waals surface area contributed by atoms with Gasteiger partial charge in [0, 0.05) is 5.69 Å². The molecule has 22 heavy (non-hydrogen) atoms. The Labute approximate surface area is 125 Å². The van der Waals surface area contributed by atoms with Crippen molar-refractivity contribution in [1.29, 1.82) is 0 Å². The van der Waals surface area contributed by atoms with E-state index in [9.17, 15) is 9.18 Å². The van der Waals surface area contributed by atoms with E-state index >= 15 is 0 Å². The zero-order valence-corrected chi connectivity index (χ0v) is 11.8. The standard InChI is InChI=1S/C16H13FN2O3/c1-21-15(20)7-9-2-5-14-13(6-9)19-16(22-14)11-4-3-10(18)8-12(11)17/h2-6,8H,7,18H2,1H3. The Bertz CT molecular complexity index is 858. The number of methoxy groups -OCH3 is 1. The number of hydrogen-bond acceptors (Lipinski definition) is 5. The van der Waals surface area contributed by atoms with Crippen LogP contribution in [0.1, 0.15) is 5.56 Å². The molecule has 0 spiro atoms. The van der Waals surface area contributed by atoms with Crippen LogP contribution >= 0.6 is 0 Å². The number of ether oxygens (including phenoxy) is 1. The first kappa shape index (κ1) is 14.1. The van der Waals surface area contributed by atoms with Crippen LogP contribution in [-0.2, 0) is 16.0 Å². The molecule has 1 aromatic heterocycles. The summed E-state index contributed by atoms with van der Waals surface area (Å²) in [4.78, 5) is 15.6. The zero-order chi connectivity index (χ0) is 15.7. The monoisotopic (exact) mass is 300 g/mol. The molecule has 0 radical (unpaired) electrons. The Balaban J connectivity index is 2.00. The summed E-state index contributed by atoms with van der Waals surface area (Å²) in [5.74, 6) is -0.670. The summed E-state index contributed by atoms with van der Waals surface area (Å²) in [6.45, 7) is 0. The summed E-state index contributed by atoms with van der Waals surface area (Å²) in [5.41, 5.74) is 7.90. The van der Waals surface area contributed by atoms with Crippen LogP contribution in [0.15, 0.2) is 40.8 Å². The molecule has 112 valence electrons. The summed E-state index contributed by atoms with van der Waals surface area (Å²) < 4.78 is 24.1. The predicted octanol–water partition coefficient (Wildman–Crippen LogP) is 2.93. The van der Waals surface area contributed by atoms with Gasteiger partial charge >= 0.3 is 5.97 Å². The number of nitrogens with zero attached hydrogens (tertiary/aromatic N) is 1. The van der Waals surface area contributed by atoms with E-state index in [0.29, 0.717) is 16.8 Å². The number of hydrogen-bond donors (Lipinski definition) is 1. The lowest BCUT2D eigenvalue weighted by Gasteiger charge is -1.98. The van der Waals surface area contributed by atoms with Crippen LogP contribution in [0, 0.1) is 5.82 Å². The van der Waals surface area contributed by atoms with Crippen LogP contribution in [0.2, 0.25) is 0 Å². The number of esters is 1. The van der Waals surface area contributed by atoms with Gasteiger partial charge in [-0.05, 0) is 35.9 Å². The maximum absolute atomic E-state index is 13.9. The molecule has 6 heteroatoms. The van der Waals surface area contributed by atoms with Crippen molar-refractivity contribution in [3.8, 4) is 11.5 Å². The van der Waals surface area contributed by atoms with Gasteiger partial charge in [0.25, 0.3) is 0 Å². The Morgan fingerprint density at radius 2 is 2.14 bits per heavy atom. The number of carbonyl (C=O) groups is 1. The van der Waals surface area contributed by atoms with Crippen molar-refractivity contribution in [3.63, 3.8) is 0 Å². The molecule has 0 amide bonds. The SMILES string of the molecule is COC(=O)Cc1ccc2oc(-c3ccc(N)cc3F)nc2c1. The van der Waals surface area contributed by atoms with Crippen molar-refractivity contribution in [2.75, 3.05) is 12.8 Å². The lowest BCUT2D eigenvalue weighted by atomic mass is 10.1. The molecule has 0 aliphatic carbocycles. The number of fused-ring (bicyclic) bond motifs is 1. The highest BCUT2D eigenvalue weighted by atomic mass is 19.1. The van der Waals surface area contributed by atoms with Gasteiger partial charge in [0.15, 0.2) is 5.58 Å². The van der Waals surface area contributed by atoms with Gasteiger partial charge in [-0.15, -0.1) is 0 Å². The number of anilines is 1. The number of rotatable bonds is 3. The third kappa shape index (κ3) is 2.63. The summed E-state index contributed by atoms with van der Waals surface area (Å²) in [7, 11) is 1.33. The largest absolute Gasteiger partial charge is 0.469 e. The summed E-state index contributed by atoms with van der Waals surface area (Å²) in [5, 5.41) is 0. The van der Waals surface area contributed by atoms with Crippen molar-refractivity contribution in [2.24, 2.45) is 0 Å². The van der Waals surface area contributed by atoms with Crippen LogP contribution in [0.5, 0.6) is 0 Å². The van der Waals surface area contributed by atoms with Crippen molar-refractivity contribution >= 4 is 22.8 Å². The van der Waals surface area contributed by atoms with Gasteiger partial charge in [0.05, 0.1) is 19.1 Å². The first-order valence-electron chi connectivity index (χ1n) is 6.58. The van der Waals surface area contributed by atoms with Crippen molar-refractivity contribution in [2.45, 2.75) is 6.42 Å². The molecule has 3 aromatic rings. The van der Waals surface area contributed by atoms with Gasteiger partial charge in [-0.3, -0.25) is 4.79 Å². The topological polar surface area (TPSA) is 78.3 Å². The van der Waals surface area contributed by atoms with Gasteiger partial charge in [0.1, 0.15) is 11.3 Å². The first-order chi connectivity index (χ1) is 10.6. The molecule has 2 aromatic carbocycles. The van der Waals surface area contributed by atoms with Gasteiger partial charge < -0.3 is 14.9 Å². The summed E-state index contributed by atoms with van der Waals surface area (Å²) in [6.07, 6.45) is 0.144. The molecule has 0 bridgehead atoms. The van der Waals surface area contributed by atoms with E-state index in [0.717, 1.165) is 5.56 Å². The van der Waals surface area contributed by atoms with Crippen LogP contribution in [0.3, 0.4) is 0 Å². The van der Waals surface area contributed by atoms with Gasteiger partial charge in [-0.2, -0.15) is 0 Å². The fourth-order valence-corrected chi connectivity index (χ4v) is 2.14. The number of nitrogen functional groups attached to an aromatic ring is 1. The minimum absolute atomic E-state index is 0.144. The molecule has 0 saturated heterocycles. The van der Waals surface area contributed by atoms with Crippen LogP contribution in [0.4, 0.5) is 10.1 Å². The second-order valence-corrected chi connectivity index (χ2v) is 4.81. The smallest absolute Gasteiger partial charge is 0.309 e. The minimum Gasteiger partial charge on any atom is -0.469 e. The predicted molar refractivity (Wildman–Crippen MR) is 79.5 cm³/mol. The maximum atomic E-state index is 13.9. The average Bonchev–Trinajstić information content (AvgIpc) is 2.89. The molecule has 0 fully saturated rings. The molecule has 0 saturated carbocycles. The minimum atomic E-state index is -0.499. The van der Waals surface area contributed by atoms with E-state index in [1.807, 2.05) is 0 Å². The lowest BCUT2D eigenvalue weighted by Crippen LogP contribution is -2.04. The second-order valence-electron chi connectivity index (χ2n) is 4.81. The summed E-state index contributed by atoms with van der Waals surface area (Å²) in [6, 6.07) is 9.47. The van der Waals surface area contributed by atoms with E-state index < -0.39 is 5.82 Å². The molecule has 3 rings (SSSR count). The summed E-state index contributed by atoms with van der Waals surface area (Å²) >= 11 is 0. The van der Waals surface area contributed by atoms with Gasteiger partial charge in [-0.1, -0.05) is 6.07 Å². The van der Waals surface area contributed by atoms with Crippen molar-refractivity contribution in [3.05, 3.63) is 47.8 Å². The highest BCUT2D eigenvalue weighted by Crippen LogP contribution is 2.28. The lowest BCUT2D eigenvalue weighted by molar-refractivity contribution is -0.139. The molecule has 0 aliphatic rings. The van der Waals surface area contributed by atoms with E-state index in [1.54, 1.807) is 24.3 Å². The van der Waals surface area contributed by atoms with E-state index in [2.05, 4.69) is 9.72 Å². The Morgan fingerprint density at radius 3 is 2.86 bits per heavy atom. The fourth-order valence-electron chi connectivity index (χ4n) is 2.14. The number of benzene rings is 2. The Morgan fingerprint density at radius 1 is 1.32 bits per heavy atom. The van der Waals surface area contributed by atoms with Gasteiger partial charge in [-0.25, -0.2) is 9.37 Å². The van der Waals surface area contributed by atoms with Crippen molar-refractivity contribution in [1.82, 2.24) is 4.98 Å². The molecule has 2 N–H and O–H groups in total. The number of nitrogens with two attached hydrogens (primary N) is 1. The molecule has 0 unspecified atom stereocenters.